The highest BCUT2D eigenvalue weighted by Gasteiger charge is 2.39. The first kappa shape index (κ1) is 28.5. The smallest absolute Gasteiger partial charge is 0.308 e. The number of carbonyl (C=O) groups excluding carboxylic acids is 2. The number of methoxy groups -OCH3 is 3. The molecule has 0 radical (unpaired) electrons. The van der Waals surface area contributed by atoms with Crippen LogP contribution in [0, 0.1) is 0 Å². The molecule has 0 N–H and O–H groups in total. The molecule has 2 atom stereocenters. The Morgan fingerprint density at radius 2 is 1.77 bits per heavy atom. The number of nitrogens with zero attached hydrogens (tertiary/aromatic N) is 1. The Morgan fingerprint density at radius 3 is 2.46 bits per heavy atom. The van der Waals surface area contributed by atoms with Gasteiger partial charge in [-0.15, -0.1) is 0 Å². The Hall–Kier alpha value is -3.46. The summed E-state index contributed by atoms with van der Waals surface area (Å²) in [4.78, 5) is 28.2. The highest BCUT2D eigenvalue weighted by atomic mass is 35.5. The number of anilines is 1. The lowest BCUT2D eigenvalue weighted by molar-refractivity contribution is -0.151. The van der Waals surface area contributed by atoms with Crippen molar-refractivity contribution in [2.45, 2.75) is 32.1 Å². The number of amides is 1. The zero-order valence-electron chi connectivity index (χ0n) is 22.0. The zero-order chi connectivity index (χ0) is 28.1. The van der Waals surface area contributed by atoms with Gasteiger partial charge in [0.05, 0.1) is 51.6 Å². The summed E-state index contributed by atoms with van der Waals surface area (Å²) in [5, 5.41) is 0.820. The SMILES string of the molecule is CCOC(=O)C[C@H]1O[C@H](c2cccc(Cl)c2OC)c2cc(Cl)ccc2N(Cc2ccc(OC)cc2OC)C1=O. The predicted molar refractivity (Wildman–Crippen MR) is 148 cm³/mol. The van der Waals surface area contributed by atoms with Gasteiger partial charge < -0.3 is 28.6 Å². The largest absolute Gasteiger partial charge is 0.497 e. The van der Waals surface area contributed by atoms with Crippen molar-refractivity contribution in [1.82, 2.24) is 0 Å². The van der Waals surface area contributed by atoms with E-state index in [0.717, 1.165) is 5.56 Å². The zero-order valence-corrected chi connectivity index (χ0v) is 23.5. The second-order valence-electron chi connectivity index (χ2n) is 8.68. The molecule has 1 aliphatic rings. The van der Waals surface area contributed by atoms with Gasteiger partial charge >= 0.3 is 5.97 Å². The summed E-state index contributed by atoms with van der Waals surface area (Å²) in [6.07, 6.45) is -2.30. The van der Waals surface area contributed by atoms with E-state index in [1.165, 1.54) is 7.11 Å². The molecule has 1 aliphatic heterocycles. The second-order valence-corrected chi connectivity index (χ2v) is 9.53. The third kappa shape index (κ3) is 6.08. The van der Waals surface area contributed by atoms with Crippen LogP contribution in [0.4, 0.5) is 5.69 Å². The number of esters is 1. The minimum absolute atomic E-state index is 0.128. The maximum absolute atomic E-state index is 14.1. The molecule has 1 amide bonds. The van der Waals surface area contributed by atoms with Crippen molar-refractivity contribution in [2.75, 3.05) is 32.8 Å². The van der Waals surface area contributed by atoms with Gasteiger partial charge in [0.15, 0.2) is 0 Å². The molecule has 206 valence electrons. The molecular weight excluding hydrogens is 545 g/mol. The van der Waals surface area contributed by atoms with Gasteiger partial charge in [0.2, 0.25) is 0 Å². The van der Waals surface area contributed by atoms with Crippen LogP contribution in [0.25, 0.3) is 0 Å². The predicted octanol–water partition coefficient (Wildman–Crippen LogP) is 5.99. The van der Waals surface area contributed by atoms with E-state index < -0.39 is 24.1 Å². The monoisotopic (exact) mass is 573 g/mol. The first-order chi connectivity index (χ1) is 18.8. The molecule has 3 aromatic rings. The number of hydrogen-bond donors (Lipinski definition) is 0. The van der Waals surface area contributed by atoms with Gasteiger partial charge in [-0.05, 0) is 43.3 Å². The highest BCUT2D eigenvalue weighted by molar-refractivity contribution is 6.32. The van der Waals surface area contributed by atoms with Crippen LogP contribution in [0.2, 0.25) is 10.0 Å². The molecule has 0 saturated heterocycles. The van der Waals surface area contributed by atoms with E-state index >= 15 is 0 Å². The van der Waals surface area contributed by atoms with Gasteiger partial charge in [-0.1, -0.05) is 35.3 Å². The molecule has 8 nitrogen and oxygen atoms in total. The number of benzene rings is 3. The molecule has 4 rings (SSSR count). The first-order valence-corrected chi connectivity index (χ1v) is 13.0. The Kier molecular flexibility index (Phi) is 9.22. The van der Waals surface area contributed by atoms with Crippen molar-refractivity contribution in [3.05, 3.63) is 81.3 Å². The quantitative estimate of drug-likeness (QED) is 0.290. The summed E-state index contributed by atoms with van der Waals surface area (Å²) in [6.45, 7) is 2.00. The van der Waals surface area contributed by atoms with Crippen LogP contribution >= 0.6 is 23.2 Å². The average Bonchev–Trinajstić information content (AvgIpc) is 3.03. The number of para-hydroxylation sites is 1. The number of rotatable bonds is 9. The normalized spacial score (nSPS) is 16.8. The molecule has 0 aliphatic carbocycles. The van der Waals surface area contributed by atoms with Gasteiger partial charge in [0.1, 0.15) is 29.5 Å². The maximum atomic E-state index is 14.1. The second kappa shape index (κ2) is 12.6. The summed E-state index contributed by atoms with van der Waals surface area (Å²) < 4.78 is 28.1. The third-order valence-electron chi connectivity index (χ3n) is 6.37. The fraction of sp³-hybridized carbons (Fsp3) is 0.310. The summed E-state index contributed by atoms with van der Waals surface area (Å²) >= 11 is 12.9. The van der Waals surface area contributed by atoms with Crippen LogP contribution in [0.15, 0.2) is 54.6 Å². The molecule has 0 bridgehead atoms. The summed E-state index contributed by atoms with van der Waals surface area (Å²) in [6, 6.07) is 15.8. The van der Waals surface area contributed by atoms with Crippen LogP contribution in [0.3, 0.4) is 0 Å². The van der Waals surface area contributed by atoms with Crippen LogP contribution in [-0.4, -0.2) is 45.9 Å². The fourth-order valence-corrected chi connectivity index (χ4v) is 5.02. The van der Waals surface area contributed by atoms with E-state index in [0.29, 0.717) is 44.1 Å². The van der Waals surface area contributed by atoms with Gasteiger partial charge in [0.25, 0.3) is 5.91 Å². The van der Waals surface area contributed by atoms with E-state index in [2.05, 4.69) is 0 Å². The molecule has 3 aromatic carbocycles. The van der Waals surface area contributed by atoms with E-state index in [1.54, 1.807) is 74.6 Å². The minimum Gasteiger partial charge on any atom is -0.497 e. The molecule has 39 heavy (non-hydrogen) atoms. The lowest BCUT2D eigenvalue weighted by atomic mass is 9.98. The van der Waals surface area contributed by atoms with E-state index in [-0.39, 0.29) is 19.6 Å². The number of fused-ring (bicyclic) bond motifs is 1. The van der Waals surface area contributed by atoms with Crippen LogP contribution in [0.1, 0.15) is 36.1 Å². The fourth-order valence-electron chi connectivity index (χ4n) is 4.58. The molecule has 1 heterocycles. The highest BCUT2D eigenvalue weighted by Crippen LogP contribution is 2.45. The van der Waals surface area contributed by atoms with Crippen LogP contribution in [0.5, 0.6) is 17.2 Å². The van der Waals surface area contributed by atoms with Gasteiger partial charge in [-0.2, -0.15) is 0 Å². The standard InChI is InChI=1S/C29H29Cl2NO7/c1-5-38-26(33)15-25-29(34)32(16-17-9-11-19(35-2)14-24(17)36-3)23-12-10-18(30)13-21(23)27(39-25)20-7-6-8-22(31)28(20)37-4/h6-14,25,27H,5,15-16H2,1-4H3/t25-,27-/m1/s1. The Bertz CT molecular complexity index is 1360. The number of halogens is 2. The van der Waals surface area contributed by atoms with Crippen molar-refractivity contribution >= 4 is 40.8 Å². The van der Waals surface area contributed by atoms with Gasteiger partial charge in [-0.25, -0.2) is 0 Å². The minimum atomic E-state index is -1.17. The molecule has 0 fully saturated rings. The molecular formula is C29H29Cl2NO7. The van der Waals surface area contributed by atoms with Gasteiger partial charge in [-0.3, -0.25) is 9.59 Å². The van der Waals surface area contributed by atoms with Gasteiger partial charge in [0, 0.05) is 27.8 Å². The van der Waals surface area contributed by atoms with Crippen LogP contribution in [-0.2, 0) is 25.6 Å². The topological polar surface area (TPSA) is 83.5 Å². The summed E-state index contributed by atoms with van der Waals surface area (Å²) in [7, 11) is 4.61. The summed E-state index contributed by atoms with van der Waals surface area (Å²) in [5.41, 5.74) is 2.47. The Balaban J connectivity index is 1.89. The number of ether oxygens (including phenoxy) is 5. The molecule has 0 aromatic heterocycles. The Labute approximate surface area is 237 Å². The van der Waals surface area contributed by atoms with Crippen molar-refractivity contribution < 1.29 is 33.3 Å². The molecule has 0 saturated carbocycles. The van der Waals surface area contributed by atoms with E-state index in [9.17, 15) is 9.59 Å². The van der Waals surface area contributed by atoms with Crippen molar-refractivity contribution in [3.63, 3.8) is 0 Å². The van der Waals surface area contributed by atoms with Crippen molar-refractivity contribution in [3.8, 4) is 17.2 Å². The average molecular weight is 574 g/mol. The summed E-state index contributed by atoms with van der Waals surface area (Å²) in [5.74, 6) is 0.564. The number of hydrogen-bond acceptors (Lipinski definition) is 7. The maximum Gasteiger partial charge on any atom is 0.308 e. The van der Waals surface area contributed by atoms with Crippen molar-refractivity contribution in [1.29, 1.82) is 0 Å². The Morgan fingerprint density at radius 1 is 0.974 bits per heavy atom. The third-order valence-corrected chi connectivity index (χ3v) is 6.90. The van der Waals surface area contributed by atoms with Crippen LogP contribution < -0.4 is 19.1 Å². The van der Waals surface area contributed by atoms with E-state index in [1.807, 2.05) is 6.07 Å². The molecule has 0 unspecified atom stereocenters. The lowest BCUT2D eigenvalue weighted by Crippen LogP contribution is -2.40. The molecule has 10 heteroatoms. The lowest BCUT2D eigenvalue weighted by Gasteiger charge is -2.26. The first-order valence-electron chi connectivity index (χ1n) is 12.3. The number of carbonyl (C=O) groups is 2. The van der Waals surface area contributed by atoms with E-state index in [4.69, 9.17) is 46.9 Å². The molecule has 0 spiro atoms. The van der Waals surface area contributed by atoms with Crippen molar-refractivity contribution in [2.24, 2.45) is 0 Å².